The molecule has 1 fully saturated rings. The normalized spacial score (nSPS) is 18.2. The Morgan fingerprint density at radius 1 is 1.55 bits per heavy atom. The summed E-state index contributed by atoms with van der Waals surface area (Å²) in [6.07, 6.45) is 5.50. The number of pyridine rings is 1. The first kappa shape index (κ1) is 12.7. The number of hydrogen-bond donors (Lipinski definition) is 1. The van der Waals surface area contributed by atoms with Crippen molar-refractivity contribution in [3.05, 3.63) is 41.9 Å². The van der Waals surface area contributed by atoms with Crippen LogP contribution < -0.4 is 5.32 Å². The highest BCUT2D eigenvalue weighted by atomic mass is 16.5. The molecule has 0 aromatic carbocycles. The summed E-state index contributed by atoms with van der Waals surface area (Å²) < 4.78 is 4.95. The van der Waals surface area contributed by atoms with E-state index < -0.39 is 0 Å². The van der Waals surface area contributed by atoms with E-state index in [0.717, 1.165) is 24.9 Å². The number of nitrogens with one attached hydrogen (secondary N) is 1. The highest BCUT2D eigenvalue weighted by Crippen LogP contribution is 2.31. The van der Waals surface area contributed by atoms with Gasteiger partial charge in [-0.1, -0.05) is 11.2 Å². The molecule has 3 rings (SSSR count). The number of aromatic nitrogens is 2. The van der Waals surface area contributed by atoms with E-state index in [1.807, 2.05) is 23.2 Å². The summed E-state index contributed by atoms with van der Waals surface area (Å²) >= 11 is 0. The molecular weight excluding hydrogens is 256 g/mol. The fourth-order valence-electron chi connectivity index (χ4n) is 2.54. The van der Waals surface area contributed by atoms with Crippen LogP contribution in [0.3, 0.4) is 0 Å². The molecule has 0 saturated carbocycles. The maximum atomic E-state index is 12.3. The van der Waals surface area contributed by atoms with E-state index in [0.29, 0.717) is 11.6 Å². The number of carbonyl (C=O) groups excluding carboxylic acids is 1. The standard InChI is InChI=1S/C14H16N4O2/c1-10-8-13(17-20-10)16-14(19)18-7-3-5-12(18)11-4-2-6-15-9-11/h2,4,6,8-9,12H,3,5,7H2,1H3,(H,16,17,19)/t12-/m1/s1. The summed E-state index contributed by atoms with van der Waals surface area (Å²) in [5.41, 5.74) is 1.07. The molecule has 104 valence electrons. The Labute approximate surface area is 116 Å². The minimum atomic E-state index is -0.148. The van der Waals surface area contributed by atoms with E-state index in [1.54, 1.807) is 19.2 Å². The summed E-state index contributed by atoms with van der Waals surface area (Å²) in [6.45, 7) is 2.53. The fraction of sp³-hybridized carbons (Fsp3) is 0.357. The Hall–Kier alpha value is -2.37. The quantitative estimate of drug-likeness (QED) is 0.912. The summed E-state index contributed by atoms with van der Waals surface area (Å²) in [4.78, 5) is 18.3. The minimum Gasteiger partial charge on any atom is -0.360 e. The van der Waals surface area contributed by atoms with Crippen molar-refractivity contribution in [2.45, 2.75) is 25.8 Å². The molecule has 1 saturated heterocycles. The lowest BCUT2D eigenvalue weighted by Crippen LogP contribution is -2.34. The number of carbonyl (C=O) groups is 1. The number of aryl methyl sites for hydroxylation is 1. The van der Waals surface area contributed by atoms with Crippen molar-refractivity contribution in [1.82, 2.24) is 15.0 Å². The van der Waals surface area contributed by atoms with Crippen molar-refractivity contribution in [1.29, 1.82) is 0 Å². The molecule has 0 radical (unpaired) electrons. The molecule has 0 bridgehead atoms. The van der Waals surface area contributed by atoms with Gasteiger partial charge in [0.2, 0.25) is 0 Å². The molecule has 2 amide bonds. The van der Waals surface area contributed by atoms with Crippen LogP contribution in [0.2, 0.25) is 0 Å². The second-order valence-corrected chi connectivity index (χ2v) is 4.89. The average Bonchev–Trinajstić information content (AvgIpc) is 3.09. The Morgan fingerprint density at radius 2 is 2.45 bits per heavy atom. The van der Waals surface area contributed by atoms with E-state index >= 15 is 0 Å². The lowest BCUT2D eigenvalue weighted by molar-refractivity contribution is 0.206. The van der Waals surface area contributed by atoms with Crippen LogP contribution in [-0.4, -0.2) is 27.6 Å². The topological polar surface area (TPSA) is 71.3 Å². The zero-order chi connectivity index (χ0) is 13.9. The van der Waals surface area contributed by atoms with Crippen LogP contribution in [0.15, 0.2) is 35.1 Å². The van der Waals surface area contributed by atoms with E-state index in [-0.39, 0.29) is 12.1 Å². The van der Waals surface area contributed by atoms with Crippen LogP contribution in [0.4, 0.5) is 10.6 Å². The molecular formula is C14H16N4O2. The molecule has 0 aliphatic carbocycles. The van der Waals surface area contributed by atoms with Crippen molar-refractivity contribution < 1.29 is 9.32 Å². The molecule has 1 aliphatic heterocycles. The molecule has 2 aromatic heterocycles. The first-order valence-corrected chi connectivity index (χ1v) is 6.65. The number of nitrogens with zero attached hydrogens (tertiary/aromatic N) is 3. The first-order valence-electron chi connectivity index (χ1n) is 6.65. The van der Waals surface area contributed by atoms with Gasteiger partial charge in [0.05, 0.1) is 6.04 Å². The number of likely N-dealkylation sites (tertiary alicyclic amines) is 1. The Kier molecular flexibility index (Phi) is 3.37. The van der Waals surface area contributed by atoms with E-state index in [4.69, 9.17) is 4.52 Å². The molecule has 6 nitrogen and oxygen atoms in total. The van der Waals surface area contributed by atoms with Crippen molar-refractivity contribution in [2.24, 2.45) is 0 Å². The minimum absolute atomic E-state index is 0.0803. The van der Waals surface area contributed by atoms with Gasteiger partial charge in [-0.15, -0.1) is 0 Å². The lowest BCUT2D eigenvalue weighted by Gasteiger charge is -2.24. The van der Waals surface area contributed by atoms with Crippen LogP contribution in [0.5, 0.6) is 0 Å². The third kappa shape index (κ3) is 2.49. The van der Waals surface area contributed by atoms with Gasteiger partial charge in [-0.2, -0.15) is 0 Å². The predicted octanol–water partition coefficient (Wildman–Crippen LogP) is 2.75. The molecule has 0 spiro atoms. The smallest absolute Gasteiger partial charge is 0.323 e. The molecule has 1 aliphatic rings. The predicted molar refractivity (Wildman–Crippen MR) is 73.2 cm³/mol. The van der Waals surface area contributed by atoms with Crippen molar-refractivity contribution in [2.75, 3.05) is 11.9 Å². The maximum absolute atomic E-state index is 12.3. The van der Waals surface area contributed by atoms with Crippen molar-refractivity contribution in [3.8, 4) is 0 Å². The Bertz CT molecular complexity index is 596. The van der Waals surface area contributed by atoms with Crippen molar-refractivity contribution >= 4 is 11.8 Å². The maximum Gasteiger partial charge on any atom is 0.323 e. The summed E-state index contributed by atoms with van der Waals surface area (Å²) in [7, 11) is 0. The first-order chi connectivity index (χ1) is 9.74. The third-order valence-electron chi connectivity index (χ3n) is 3.45. The van der Waals surface area contributed by atoms with Crippen LogP contribution >= 0.6 is 0 Å². The Morgan fingerprint density at radius 3 is 3.15 bits per heavy atom. The number of anilines is 1. The molecule has 3 heterocycles. The number of amides is 2. The molecule has 1 atom stereocenters. The van der Waals surface area contributed by atoms with Gasteiger partial charge >= 0.3 is 6.03 Å². The molecule has 2 aromatic rings. The van der Waals surface area contributed by atoms with Gasteiger partial charge in [0.25, 0.3) is 0 Å². The van der Waals surface area contributed by atoms with Gasteiger partial charge in [-0.3, -0.25) is 10.3 Å². The van der Waals surface area contributed by atoms with Gasteiger partial charge in [0.15, 0.2) is 5.82 Å². The second kappa shape index (κ2) is 5.32. The van der Waals surface area contributed by atoms with Gasteiger partial charge in [-0.05, 0) is 31.4 Å². The van der Waals surface area contributed by atoms with E-state index in [1.165, 1.54) is 0 Å². The number of hydrogen-bond acceptors (Lipinski definition) is 4. The van der Waals surface area contributed by atoms with Gasteiger partial charge in [0.1, 0.15) is 5.76 Å². The van der Waals surface area contributed by atoms with Crippen molar-refractivity contribution in [3.63, 3.8) is 0 Å². The Balaban J connectivity index is 1.73. The van der Waals surface area contributed by atoms with Crippen LogP contribution in [0, 0.1) is 6.92 Å². The average molecular weight is 272 g/mol. The van der Waals surface area contributed by atoms with Crippen LogP contribution in [0.25, 0.3) is 0 Å². The summed E-state index contributed by atoms with van der Waals surface area (Å²) in [6, 6.07) is 5.53. The fourth-order valence-corrected chi connectivity index (χ4v) is 2.54. The monoisotopic (exact) mass is 272 g/mol. The molecule has 0 unspecified atom stereocenters. The molecule has 20 heavy (non-hydrogen) atoms. The molecule has 6 heteroatoms. The van der Waals surface area contributed by atoms with E-state index in [9.17, 15) is 4.79 Å². The van der Waals surface area contributed by atoms with Gasteiger partial charge in [-0.25, -0.2) is 4.79 Å². The van der Waals surface area contributed by atoms with Gasteiger partial charge in [0, 0.05) is 25.0 Å². The van der Waals surface area contributed by atoms with Crippen LogP contribution in [-0.2, 0) is 0 Å². The zero-order valence-corrected chi connectivity index (χ0v) is 11.2. The third-order valence-corrected chi connectivity index (χ3v) is 3.45. The van der Waals surface area contributed by atoms with E-state index in [2.05, 4.69) is 15.5 Å². The van der Waals surface area contributed by atoms with Crippen LogP contribution in [0.1, 0.15) is 30.2 Å². The van der Waals surface area contributed by atoms with Gasteiger partial charge < -0.3 is 9.42 Å². The lowest BCUT2D eigenvalue weighted by atomic mass is 10.1. The highest BCUT2D eigenvalue weighted by molar-refractivity contribution is 5.88. The SMILES string of the molecule is Cc1cc(NC(=O)N2CCC[C@@H]2c2cccnc2)no1. The number of urea groups is 1. The highest BCUT2D eigenvalue weighted by Gasteiger charge is 2.30. The number of rotatable bonds is 2. The summed E-state index contributed by atoms with van der Waals surface area (Å²) in [5, 5.41) is 6.55. The second-order valence-electron chi connectivity index (χ2n) is 4.89. The largest absolute Gasteiger partial charge is 0.360 e. The summed E-state index contributed by atoms with van der Waals surface area (Å²) in [5.74, 6) is 1.12. The molecule has 1 N–H and O–H groups in total. The zero-order valence-electron chi connectivity index (χ0n) is 11.2.